The summed E-state index contributed by atoms with van der Waals surface area (Å²) in [5.41, 5.74) is 6.49. The van der Waals surface area contributed by atoms with Gasteiger partial charge in [0.05, 0.1) is 12.5 Å². The monoisotopic (exact) mass is 284 g/mol. The molecule has 2 N–H and O–H groups in total. The highest BCUT2D eigenvalue weighted by atomic mass is 16.3. The molecular weight excluding hydrogens is 264 g/mol. The summed E-state index contributed by atoms with van der Waals surface area (Å²) in [6.45, 7) is 2.46. The van der Waals surface area contributed by atoms with Gasteiger partial charge >= 0.3 is 0 Å². The maximum atomic E-state index is 11.3. The highest BCUT2D eigenvalue weighted by Crippen LogP contribution is 2.24. The number of furan rings is 1. The smallest absolute Gasteiger partial charge is 0.221 e. The SMILES string of the molecule is NC(=O)[C@H]1CCCN(Cc2ccc(-c3ccccc3)o2)C1. The third-order valence-corrected chi connectivity index (χ3v) is 4.01. The van der Waals surface area contributed by atoms with E-state index in [0.29, 0.717) is 0 Å². The van der Waals surface area contributed by atoms with Gasteiger partial charge in [0.1, 0.15) is 11.5 Å². The van der Waals surface area contributed by atoms with Crippen LogP contribution in [0.2, 0.25) is 0 Å². The van der Waals surface area contributed by atoms with Crippen LogP contribution in [0.25, 0.3) is 11.3 Å². The highest BCUT2D eigenvalue weighted by Gasteiger charge is 2.24. The van der Waals surface area contributed by atoms with Crippen LogP contribution in [0.3, 0.4) is 0 Å². The van der Waals surface area contributed by atoms with E-state index in [1.54, 1.807) is 0 Å². The van der Waals surface area contributed by atoms with E-state index in [1.165, 1.54) is 0 Å². The average molecular weight is 284 g/mol. The van der Waals surface area contributed by atoms with Crippen LogP contribution in [-0.2, 0) is 11.3 Å². The van der Waals surface area contributed by atoms with Crippen molar-refractivity contribution in [1.82, 2.24) is 4.90 Å². The Bertz CT molecular complexity index is 606. The molecule has 21 heavy (non-hydrogen) atoms. The number of carbonyl (C=O) groups is 1. The Hall–Kier alpha value is -2.07. The molecular formula is C17H20N2O2. The minimum absolute atomic E-state index is 0.0256. The van der Waals surface area contributed by atoms with Crippen LogP contribution in [0.4, 0.5) is 0 Å². The third-order valence-electron chi connectivity index (χ3n) is 4.01. The molecule has 0 unspecified atom stereocenters. The van der Waals surface area contributed by atoms with Gasteiger partial charge in [0.25, 0.3) is 0 Å². The van der Waals surface area contributed by atoms with Crippen molar-refractivity contribution in [2.45, 2.75) is 19.4 Å². The van der Waals surface area contributed by atoms with Crippen LogP contribution in [0.1, 0.15) is 18.6 Å². The number of rotatable bonds is 4. The second-order valence-electron chi connectivity index (χ2n) is 5.61. The molecule has 0 bridgehead atoms. The quantitative estimate of drug-likeness (QED) is 0.939. The first-order valence-electron chi connectivity index (χ1n) is 7.38. The van der Waals surface area contributed by atoms with E-state index in [9.17, 15) is 4.79 Å². The van der Waals surface area contributed by atoms with Gasteiger partial charge in [-0.2, -0.15) is 0 Å². The number of hydrogen-bond acceptors (Lipinski definition) is 3. The van der Waals surface area contributed by atoms with Crippen LogP contribution >= 0.6 is 0 Å². The van der Waals surface area contributed by atoms with Crippen molar-refractivity contribution in [3.05, 3.63) is 48.2 Å². The molecule has 110 valence electrons. The summed E-state index contributed by atoms with van der Waals surface area (Å²) in [7, 11) is 0. The van der Waals surface area contributed by atoms with Crippen LogP contribution in [0.15, 0.2) is 46.9 Å². The van der Waals surface area contributed by atoms with Crippen LogP contribution in [0.5, 0.6) is 0 Å². The van der Waals surface area contributed by atoms with Gasteiger partial charge in [0, 0.05) is 12.1 Å². The predicted molar refractivity (Wildman–Crippen MR) is 81.3 cm³/mol. The fourth-order valence-electron chi connectivity index (χ4n) is 2.87. The van der Waals surface area contributed by atoms with Crippen molar-refractivity contribution >= 4 is 5.91 Å². The molecule has 4 nitrogen and oxygen atoms in total. The average Bonchev–Trinajstić information content (AvgIpc) is 2.97. The maximum absolute atomic E-state index is 11.3. The van der Waals surface area contributed by atoms with Gasteiger partial charge in [-0.15, -0.1) is 0 Å². The van der Waals surface area contributed by atoms with Crippen LogP contribution < -0.4 is 5.73 Å². The van der Waals surface area contributed by atoms with Crippen molar-refractivity contribution in [3.8, 4) is 11.3 Å². The van der Waals surface area contributed by atoms with Gasteiger partial charge < -0.3 is 10.2 Å². The number of amides is 1. The molecule has 0 radical (unpaired) electrons. The molecule has 4 heteroatoms. The second-order valence-corrected chi connectivity index (χ2v) is 5.61. The number of nitrogens with two attached hydrogens (primary N) is 1. The Morgan fingerprint density at radius 3 is 2.81 bits per heavy atom. The van der Waals surface area contributed by atoms with Crippen LogP contribution in [-0.4, -0.2) is 23.9 Å². The molecule has 1 aromatic carbocycles. The molecule has 0 spiro atoms. The summed E-state index contributed by atoms with van der Waals surface area (Å²) >= 11 is 0. The van der Waals surface area contributed by atoms with E-state index < -0.39 is 0 Å². The Morgan fingerprint density at radius 1 is 1.24 bits per heavy atom. The van der Waals surface area contributed by atoms with Gasteiger partial charge in [-0.25, -0.2) is 0 Å². The van der Waals surface area contributed by atoms with Gasteiger partial charge in [-0.05, 0) is 31.5 Å². The molecule has 3 rings (SSSR count). The number of hydrogen-bond donors (Lipinski definition) is 1. The topological polar surface area (TPSA) is 59.5 Å². The van der Waals surface area contributed by atoms with E-state index in [2.05, 4.69) is 4.90 Å². The normalized spacial score (nSPS) is 19.5. The van der Waals surface area contributed by atoms with Crippen molar-refractivity contribution in [2.24, 2.45) is 11.7 Å². The van der Waals surface area contributed by atoms with E-state index in [0.717, 1.165) is 49.6 Å². The Kier molecular flexibility index (Phi) is 4.06. The Balaban J connectivity index is 1.66. The lowest BCUT2D eigenvalue weighted by Crippen LogP contribution is -2.40. The summed E-state index contributed by atoms with van der Waals surface area (Å²) < 4.78 is 5.91. The fourth-order valence-corrected chi connectivity index (χ4v) is 2.87. The molecule has 2 aromatic rings. The van der Waals surface area contributed by atoms with E-state index in [1.807, 2.05) is 42.5 Å². The number of likely N-dealkylation sites (tertiary alicyclic amines) is 1. The largest absolute Gasteiger partial charge is 0.460 e. The molecule has 2 heterocycles. The number of carbonyl (C=O) groups excluding carboxylic acids is 1. The number of nitrogens with zero attached hydrogens (tertiary/aromatic N) is 1. The zero-order valence-corrected chi connectivity index (χ0v) is 12.0. The molecule has 0 aliphatic carbocycles. The predicted octanol–water partition coefficient (Wildman–Crippen LogP) is 2.64. The minimum atomic E-state index is -0.191. The fraction of sp³-hybridized carbons (Fsp3) is 0.353. The van der Waals surface area contributed by atoms with Gasteiger partial charge in [-0.3, -0.25) is 9.69 Å². The Labute approximate surface area is 124 Å². The molecule has 1 fully saturated rings. The number of benzene rings is 1. The lowest BCUT2D eigenvalue weighted by atomic mass is 9.97. The lowest BCUT2D eigenvalue weighted by Gasteiger charge is -2.30. The summed E-state index contributed by atoms with van der Waals surface area (Å²) in [5.74, 6) is 1.60. The lowest BCUT2D eigenvalue weighted by molar-refractivity contribution is -0.123. The van der Waals surface area contributed by atoms with Gasteiger partial charge in [-0.1, -0.05) is 30.3 Å². The standard InChI is InChI=1S/C17H20N2O2/c18-17(20)14-7-4-10-19(11-14)12-15-8-9-16(21-15)13-5-2-1-3-6-13/h1-3,5-6,8-9,14H,4,7,10-12H2,(H2,18,20)/t14-/m0/s1. The third kappa shape index (κ3) is 3.34. The minimum Gasteiger partial charge on any atom is -0.460 e. The van der Waals surface area contributed by atoms with E-state index in [4.69, 9.17) is 10.2 Å². The van der Waals surface area contributed by atoms with E-state index in [-0.39, 0.29) is 11.8 Å². The first-order valence-corrected chi connectivity index (χ1v) is 7.38. The first kappa shape index (κ1) is 13.9. The number of primary amides is 1. The zero-order chi connectivity index (χ0) is 14.7. The number of piperidine rings is 1. The van der Waals surface area contributed by atoms with Gasteiger partial charge in [0.15, 0.2) is 0 Å². The summed E-state index contributed by atoms with van der Waals surface area (Å²) in [6.07, 6.45) is 1.92. The Morgan fingerprint density at radius 2 is 2.05 bits per heavy atom. The summed E-state index contributed by atoms with van der Waals surface area (Å²) in [6, 6.07) is 14.1. The van der Waals surface area contributed by atoms with Crippen molar-refractivity contribution < 1.29 is 9.21 Å². The maximum Gasteiger partial charge on any atom is 0.221 e. The second kappa shape index (κ2) is 6.14. The molecule has 1 atom stereocenters. The summed E-state index contributed by atoms with van der Waals surface area (Å²) in [5, 5.41) is 0. The molecule has 1 amide bonds. The molecule has 1 aromatic heterocycles. The molecule has 1 saturated heterocycles. The van der Waals surface area contributed by atoms with Gasteiger partial charge in [0.2, 0.25) is 5.91 Å². The zero-order valence-electron chi connectivity index (χ0n) is 12.0. The van der Waals surface area contributed by atoms with Crippen molar-refractivity contribution in [2.75, 3.05) is 13.1 Å². The highest BCUT2D eigenvalue weighted by molar-refractivity contribution is 5.76. The first-order chi connectivity index (χ1) is 10.2. The molecule has 1 aliphatic rings. The molecule has 1 aliphatic heterocycles. The van der Waals surface area contributed by atoms with Crippen molar-refractivity contribution in [3.63, 3.8) is 0 Å². The summed E-state index contributed by atoms with van der Waals surface area (Å²) in [4.78, 5) is 13.6. The van der Waals surface area contributed by atoms with Crippen LogP contribution in [0, 0.1) is 5.92 Å². The molecule has 0 saturated carbocycles. The van der Waals surface area contributed by atoms with E-state index >= 15 is 0 Å². The van der Waals surface area contributed by atoms with Crippen molar-refractivity contribution in [1.29, 1.82) is 0 Å².